The third-order valence-corrected chi connectivity index (χ3v) is 8.92. The van der Waals surface area contributed by atoms with Crippen LogP contribution >= 0.6 is 34.8 Å². The third kappa shape index (κ3) is 7.66. The number of carbonyl (C=O) groups excluding carboxylic acids is 2. The highest BCUT2D eigenvalue weighted by Crippen LogP contribution is 2.29. The maximum absolute atomic E-state index is 13.9. The van der Waals surface area contributed by atoms with Crippen molar-refractivity contribution in [2.75, 3.05) is 10.8 Å². The molecule has 0 radical (unpaired) electrons. The molecular formula is C28H30Cl3N3O4S. The molecule has 3 aromatic rings. The fourth-order valence-electron chi connectivity index (χ4n) is 3.81. The van der Waals surface area contributed by atoms with Crippen molar-refractivity contribution in [2.24, 2.45) is 0 Å². The van der Waals surface area contributed by atoms with Gasteiger partial charge >= 0.3 is 0 Å². The lowest BCUT2D eigenvalue weighted by Gasteiger charge is -2.32. The van der Waals surface area contributed by atoms with Crippen LogP contribution in [0.2, 0.25) is 15.1 Å². The van der Waals surface area contributed by atoms with Gasteiger partial charge in [-0.1, -0.05) is 65.1 Å². The zero-order chi connectivity index (χ0) is 28.9. The van der Waals surface area contributed by atoms with Crippen molar-refractivity contribution in [1.29, 1.82) is 0 Å². The van der Waals surface area contributed by atoms with E-state index in [0.29, 0.717) is 20.6 Å². The lowest BCUT2D eigenvalue weighted by Crippen LogP contribution is -2.52. The lowest BCUT2D eigenvalue weighted by atomic mass is 10.1. The first-order chi connectivity index (χ1) is 18.3. The number of hydrogen-bond acceptors (Lipinski definition) is 4. The van der Waals surface area contributed by atoms with E-state index in [4.69, 9.17) is 34.8 Å². The van der Waals surface area contributed by atoms with Crippen LogP contribution in [0.4, 0.5) is 5.69 Å². The van der Waals surface area contributed by atoms with E-state index in [9.17, 15) is 18.0 Å². The van der Waals surface area contributed by atoms with Crippen molar-refractivity contribution in [3.05, 3.63) is 92.9 Å². The zero-order valence-electron chi connectivity index (χ0n) is 22.0. The van der Waals surface area contributed by atoms with Gasteiger partial charge in [-0.05, 0) is 75.2 Å². The molecule has 0 fully saturated rings. The van der Waals surface area contributed by atoms with E-state index in [0.717, 1.165) is 9.87 Å². The van der Waals surface area contributed by atoms with E-state index in [-0.39, 0.29) is 29.1 Å². The van der Waals surface area contributed by atoms with E-state index in [2.05, 4.69) is 5.32 Å². The van der Waals surface area contributed by atoms with Crippen LogP contribution < -0.4 is 9.62 Å². The quantitative estimate of drug-likeness (QED) is 0.301. The van der Waals surface area contributed by atoms with Gasteiger partial charge in [0.2, 0.25) is 11.8 Å². The van der Waals surface area contributed by atoms with Crippen molar-refractivity contribution in [3.8, 4) is 0 Å². The number of halogens is 3. The van der Waals surface area contributed by atoms with Crippen LogP contribution in [0.25, 0.3) is 0 Å². The number of hydrogen-bond donors (Lipinski definition) is 1. The maximum atomic E-state index is 13.9. The van der Waals surface area contributed by atoms with Gasteiger partial charge in [0, 0.05) is 17.6 Å². The summed E-state index contributed by atoms with van der Waals surface area (Å²) in [6, 6.07) is 16.4. The molecule has 3 rings (SSSR count). The number of amides is 2. The van der Waals surface area contributed by atoms with E-state index < -0.39 is 28.5 Å². The molecule has 7 nitrogen and oxygen atoms in total. The number of nitrogens with zero attached hydrogens (tertiary/aromatic N) is 2. The zero-order valence-corrected chi connectivity index (χ0v) is 25.1. The molecule has 0 bridgehead atoms. The number of anilines is 1. The smallest absolute Gasteiger partial charge is 0.264 e. The highest BCUT2D eigenvalue weighted by molar-refractivity contribution is 7.92. The van der Waals surface area contributed by atoms with Crippen molar-refractivity contribution in [2.45, 2.75) is 51.2 Å². The molecule has 0 spiro atoms. The van der Waals surface area contributed by atoms with Gasteiger partial charge in [-0.3, -0.25) is 13.9 Å². The number of rotatable bonds is 10. The Kier molecular flexibility index (Phi) is 10.3. The summed E-state index contributed by atoms with van der Waals surface area (Å²) < 4.78 is 28.6. The maximum Gasteiger partial charge on any atom is 0.264 e. The van der Waals surface area contributed by atoms with Crippen LogP contribution in [0, 0.1) is 6.92 Å². The minimum absolute atomic E-state index is 0.00369. The average Bonchev–Trinajstić information content (AvgIpc) is 2.89. The van der Waals surface area contributed by atoms with Crippen molar-refractivity contribution >= 4 is 62.3 Å². The van der Waals surface area contributed by atoms with E-state index >= 15 is 0 Å². The predicted octanol–water partition coefficient (Wildman–Crippen LogP) is 6.09. The van der Waals surface area contributed by atoms with E-state index in [1.807, 2.05) is 13.8 Å². The first kappa shape index (κ1) is 30.8. The first-order valence-corrected chi connectivity index (χ1v) is 14.8. The Labute approximate surface area is 244 Å². The van der Waals surface area contributed by atoms with Crippen molar-refractivity contribution < 1.29 is 18.0 Å². The van der Waals surface area contributed by atoms with Crippen molar-refractivity contribution in [3.63, 3.8) is 0 Å². The molecule has 39 heavy (non-hydrogen) atoms. The number of aryl methyl sites for hydroxylation is 1. The van der Waals surface area contributed by atoms with E-state index in [1.165, 1.54) is 23.1 Å². The van der Waals surface area contributed by atoms with Gasteiger partial charge in [0.1, 0.15) is 12.6 Å². The Morgan fingerprint density at radius 1 is 0.872 bits per heavy atom. The summed E-state index contributed by atoms with van der Waals surface area (Å²) in [6.07, 6.45) is 0. The second-order valence-electron chi connectivity index (χ2n) is 9.37. The lowest BCUT2D eigenvalue weighted by molar-refractivity contribution is -0.139. The average molecular weight is 611 g/mol. The van der Waals surface area contributed by atoms with Gasteiger partial charge in [-0.15, -0.1) is 0 Å². The summed E-state index contributed by atoms with van der Waals surface area (Å²) in [5, 5.41) is 3.80. The van der Waals surface area contributed by atoms with Gasteiger partial charge in [0.05, 0.1) is 20.6 Å². The molecule has 0 aliphatic heterocycles. The van der Waals surface area contributed by atoms with Crippen LogP contribution in [0.15, 0.2) is 71.6 Å². The second kappa shape index (κ2) is 13.0. The molecule has 11 heteroatoms. The molecule has 2 amide bonds. The van der Waals surface area contributed by atoms with Crippen LogP contribution in [0.3, 0.4) is 0 Å². The molecule has 0 aliphatic rings. The van der Waals surface area contributed by atoms with Crippen LogP contribution in [-0.2, 0) is 26.2 Å². The molecule has 0 heterocycles. The predicted molar refractivity (Wildman–Crippen MR) is 157 cm³/mol. The minimum atomic E-state index is -4.17. The Morgan fingerprint density at radius 2 is 1.54 bits per heavy atom. The molecule has 1 atom stereocenters. The minimum Gasteiger partial charge on any atom is -0.352 e. The number of nitrogens with one attached hydrogen (secondary N) is 1. The topological polar surface area (TPSA) is 86.8 Å². The summed E-state index contributed by atoms with van der Waals surface area (Å²) in [5.74, 6) is -0.974. The fourth-order valence-corrected chi connectivity index (χ4v) is 5.73. The van der Waals surface area contributed by atoms with Gasteiger partial charge in [-0.25, -0.2) is 8.42 Å². The number of carbonyl (C=O) groups is 2. The number of sulfonamides is 1. The van der Waals surface area contributed by atoms with Crippen molar-refractivity contribution in [1.82, 2.24) is 10.2 Å². The van der Waals surface area contributed by atoms with E-state index in [1.54, 1.807) is 62.4 Å². The van der Waals surface area contributed by atoms with Gasteiger partial charge in [-0.2, -0.15) is 0 Å². The third-order valence-electron chi connectivity index (χ3n) is 5.99. The molecule has 1 N–H and O–H groups in total. The fraction of sp³-hybridized carbons (Fsp3) is 0.286. The standard InChI is InChI=1S/C28H30Cl3N3O4S/c1-18(2)32-28(36)20(4)33(16-21-11-13-24(29)26(31)14-21)27(35)17-34(22-12-10-19(3)25(30)15-22)39(37,38)23-8-6-5-7-9-23/h5-15,18,20H,16-17H2,1-4H3,(H,32,36)/t20-/m1/s1. The van der Waals surface area contributed by atoms with Gasteiger partial charge < -0.3 is 10.2 Å². The molecule has 0 unspecified atom stereocenters. The summed E-state index contributed by atoms with van der Waals surface area (Å²) in [6.45, 7) is 6.43. The summed E-state index contributed by atoms with van der Waals surface area (Å²) >= 11 is 18.6. The Bertz CT molecular complexity index is 1450. The van der Waals surface area contributed by atoms with Crippen LogP contribution in [0.1, 0.15) is 31.9 Å². The van der Waals surface area contributed by atoms with Gasteiger partial charge in [0.25, 0.3) is 10.0 Å². The molecule has 0 aromatic heterocycles. The SMILES string of the molecule is Cc1ccc(N(CC(=O)N(Cc2ccc(Cl)c(Cl)c2)[C@H](C)C(=O)NC(C)C)S(=O)(=O)c2ccccc2)cc1Cl. The Balaban J connectivity index is 2.06. The molecule has 0 saturated heterocycles. The molecule has 0 aliphatic carbocycles. The first-order valence-electron chi connectivity index (χ1n) is 12.2. The molecule has 0 saturated carbocycles. The van der Waals surface area contributed by atoms with Crippen LogP contribution in [-0.4, -0.2) is 43.8 Å². The Morgan fingerprint density at radius 3 is 2.13 bits per heavy atom. The molecular weight excluding hydrogens is 581 g/mol. The summed E-state index contributed by atoms with van der Waals surface area (Å²) in [4.78, 5) is 28.2. The highest BCUT2D eigenvalue weighted by Gasteiger charge is 2.33. The summed E-state index contributed by atoms with van der Waals surface area (Å²) in [5.41, 5.74) is 1.60. The normalized spacial score (nSPS) is 12.2. The summed E-state index contributed by atoms with van der Waals surface area (Å²) in [7, 11) is -4.17. The monoisotopic (exact) mass is 609 g/mol. The molecule has 208 valence electrons. The number of benzene rings is 3. The second-order valence-corrected chi connectivity index (χ2v) is 12.5. The highest BCUT2D eigenvalue weighted by atomic mass is 35.5. The van der Waals surface area contributed by atoms with Gasteiger partial charge in [0.15, 0.2) is 0 Å². The molecule has 3 aromatic carbocycles. The van der Waals surface area contributed by atoms with Crippen LogP contribution in [0.5, 0.6) is 0 Å². The Hall–Kier alpha value is -2.78. The largest absolute Gasteiger partial charge is 0.352 e.